The third-order valence-electron chi connectivity index (χ3n) is 5.46. The molecule has 0 unspecified atom stereocenters. The van der Waals surface area contributed by atoms with Gasteiger partial charge in [-0.05, 0) is 25.1 Å². The lowest BCUT2D eigenvalue weighted by Crippen LogP contribution is -2.43. The van der Waals surface area contributed by atoms with Gasteiger partial charge in [0, 0.05) is 47.3 Å². The molecule has 1 amide bonds. The Morgan fingerprint density at radius 3 is 2.69 bits per heavy atom. The Bertz CT molecular complexity index is 940. The third-order valence-corrected chi connectivity index (χ3v) is 6.44. The second-order valence-corrected chi connectivity index (χ2v) is 9.25. The van der Waals surface area contributed by atoms with Crippen LogP contribution in [0.1, 0.15) is 20.1 Å². The fourth-order valence-corrected chi connectivity index (χ4v) is 4.82. The van der Waals surface area contributed by atoms with E-state index in [9.17, 15) is 18.0 Å². The maximum Gasteiger partial charge on any atom is 0.490 e. The summed E-state index contributed by atoms with van der Waals surface area (Å²) in [6.45, 7) is 7.26. The Labute approximate surface area is 186 Å². The maximum absolute atomic E-state index is 12.3. The molecule has 12 heteroatoms. The van der Waals surface area contributed by atoms with Crippen molar-refractivity contribution >= 4 is 23.2 Å². The normalized spacial score (nSPS) is 22.7. The Balaban J connectivity index is 0.000000360. The molecule has 2 atom stereocenters. The van der Waals surface area contributed by atoms with Gasteiger partial charge in [-0.2, -0.15) is 23.4 Å². The Morgan fingerprint density at radius 1 is 1.34 bits per heavy atom. The first-order valence-electron chi connectivity index (χ1n) is 9.79. The second kappa shape index (κ2) is 9.92. The van der Waals surface area contributed by atoms with Crippen LogP contribution in [0.3, 0.4) is 0 Å². The predicted octanol–water partition coefficient (Wildman–Crippen LogP) is 2.36. The van der Waals surface area contributed by atoms with Crippen molar-refractivity contribution in [1.29, 1.82) is 0 Å². The standard InChI is InChI=1S/C18H22N4O2S.C2HF3O2/c1-13-2-3-16(25-13)8-22-7-15-9-24-12-18(15,11-22)10-19-17(23)14-4-5-20-21-6-14;3-2(4,5)1(6)7/h2-6,15H,7-12H2,1H3,(H,19,23);(H,6,7)/t15-,18+;/m1./s1. The quantitative estimate of drug-likeness (QED) is 0.688. The number of nitrogens with zero attached hydrogens (tertiary/aromatic N) is 3. The molecular formula is C20H23F3N4O4S. The number of rotatable bonds is 5. The van der Waals surface area contributed by atoms with Crippen molar-refractivity contribution in [1.82, 2.24) is 20.4 Å². The number of alkyl halides is 3. The summed E-state index contributed by atoms with van der Waals surface area (Å²) in [5.74, 6) is -2.38. The van der Waals surface area contributed by atoms with Gasteiger partial charge in [-0.15, -0.1) is 11.3 Å². The van der Waals surface area contributed by atoms with Crippen molar-refractivity contribution in [2.75, 3.05) is 32.8 Å². The van der Waals surface area contributed by atoms with Crippen molar-refractivity contribution < 1.29 is 32.6 Å². The summed E-state index contributed by atoms with van der Waals surface area (Å²) in [5.41, 5.74) is 0.563. The van der Waals surface area contributed by atoms with E-state index in [-0.39, 0.29) is 11.3 Å². The molecule has 0 spiro atoms. The summed E-state index contributed by atoms with van der Waals surface area (Å²) in [5, 5.41) is 17.7. The first kappa shape index (κ1) is 24.1. The number of fused-ring (bicyclic) bond motifs is 1. The van der Waals surface area contributed by atoms with Crippen molar-refractivity contribution in [3.63, 3.8) is 0 Å². The van der Waals surface area contributed by atoms with Crippen LogP contribution in [-0.2, 0) is 16.1 Å². The number of carbonyl (C=O) groups excluding carboxylic acids is 1. The van der Waals surface area contributed by atoms with E-state index in [1.165, 1.54) is 22.1 Å². The van der Waals surface area contributed by atoms with Crippen molar-refractivity contribution in [3.8, 4) is 0 Å². The topological polar surface area (TPSA) is 105 Å². The average Bonchev–Trinajstić information content (AvgIpc) is 3.41. The number of carboxylic acid groups (broad SMARTS) is 1. The minimum atomic E-state index is -5.08. The van der Waals surface area contributed by atoms with E-state index in [4.69, 9.17) is 14.6 Å². The van der Waals surface area contributed by atoms with Gasteiger partial charge in [0.15, 0.2) is 0 Å². The molecular weight excluding hydrogens is 449 g/mol. The second-order valence-electron chi connectivity index (χ2n) is 7.87. The van der Waals surface area contributed by atoms with Crippen LogP contribution < -0.4 is 5.32 Å². The minimum Gasteiger partial charge on any atom is -0.475 e. The van der Waals surface area contributed by atoms with Crippen LogP contribution >= 0.6 is 11.3 Å². The molecule has 4 heterocycles. The number of thiophene rings is 1. The zero-order chi connectivity index (χ0) is 23.4. The molecule has 32 heavy (non-hydrogen) atoms. The SMILES string of the molecule is Cc1ccc(CN2C[C@@H]3COC[C@]3(CNC(=O)c3ccnnc3)C2)s1.O=C(O)C(F)(F)F. The molecule has 2 saturated heterocycles. The van der Waals surface area contributed by atoms with Gasteiger partial charge in [-0.1, -0.05) is 0 Å². The molecule has 4 rings (SSSR count). The molecule has 2 aromatic heterocycles. The average molecular weight is 472 g/mol. The van der Waals surface area contributed by atoms with Crippen LogP contribution in [0.5, 0.6) is 0 Å². The van der Waals surface area contributed by atoms with Gasteiger partial charge < -0.3 is 15.2 Å². The van der Waals surface area contributed by atoms with Gasteiger partial charge in [0.25, 0.3) is 5.91 Å². The first-order chi connectivity index (χ1) is 15.1. The van der Waals surface area contributed by atoms with Crippen LogP contribution in [0.2, 0.25) is 0 Å². The van der Waals surface area contributed by atoms with E-state index in [0.717, 1.165) is 26.2 Å². The van der Waals surface area contributed by atoms with E-state index < -0.39 is 12.1 Å². The van der Waals surface area contributed by atoms with Gasteiger partial charge in [-0.25, -0.2) is 4.79 Å². The molecule has 2 fully saturated rings. The summed E-state index contributed by atoms with van der Waals surface area (Å²) in [4.78, 5) is 26.5. The molecule has 2 aliphatic rings. The molecule has 2 aromatic rings. The zero-order valence-electron chi connectivity index (χ0n) is 17.3. The van der Waals surface area contributed by atoms with E-state index in [0.29, 0.717) is 24.6 Å². The number of aromatic nitrogens is 2. The van der Waals surface area contributed by atoms with E-state index in [1.54, 1.807) is 6.07 Å². The highest BCUT2D eigenvalue weighted by Crippen LogP contribution is 2.41. The highest BCUT2D eigenvalue weighted by atomic mass is 32.1. The number of aliphatic carboxylic acids is 1. The number of hydrogen-bond donors (Lipinski definition) is 2. The molecule has 0 bridgehead atoms. The van der Waals surface area contributed by atoms with E-state index in [1.807, 2.05) is 11.3 Å². The highest BCUT2D eigenvalue weighted by Gasteiger charge is 2.50. The fraction of sp³-hybridized carbons (Fsp3) is 0.500. The van der Waals surface area contributed by atoms with E-state index in [2.05, 4.69) is 39.5 Å². The number of carbonyl (C=O) groups is 2. The van der Waals surface area contributed by atoms with Crippen LogP contribution in [0, 0.1) is 18.3 Å². The molecule has 0 aromatic carbocycles. The summed E-state index contributed by atoms with van der Waals surface area (Å²) >= 11 is 1.86. The number of aryl methyl sites for hydroxylation is 1. The monoisotopic (exact) mass is 472 g/mol. The lowest BCUT2D eigenvalue weighted by molar-refractivity contribution is -0.192. The number of likely N-dealkylation sites (tertiary alicyclic amines) is 1. The first-order valence-corrected chi connectivity index (χ1v) is 10.6. The number of hydrogen-bond acceptors (Lipinski definition) is 7. The van der Waals surface area contributed by atoms with Crippen LogP contribution in [0.15, 0.2) is 30.6 Å². The van der Waals surface area contributed by atoms with Gasteiger partial charge in [-0.3, -0.25) is 9.69 Å². The summed E-state index contributed by atoms with van der Waals surface area (Å²) in [7, 11) is 0. The van der Waals surface area contributed by atoms with Gasteiger partial charge in [0.1, 0.15) is 0 Å². The fourth-order valence-electron chi connectivity index (χ4n) is 3.89. The molecule has 8 nitrogen and oxygen atoms in total. The van der Waals surface area contributed by atoms with Crippen molar-refractivity contribution in [2.24, 2.45) is 11.3 Å². The molecule has 0 radical (unpaired) electrons. The number of carboxylic acids is 1. The van der Waals surface area contributed by atoms with Crippen LogP contribution in [0.4, 0.5) is 13.2 Å². The Morgan fingerprint density at radius 2 is 2.09 bits per heavy atom. The Hall–Kier alpha value is -2.57. The molecule has 0 saturated carbocycles. The lowest BCUT2D eigenvalue weighted by Gasteiger charge is -2.27. The van der Waals surface area contributed by atoms with Gasteiger partial charge in [0.2, 0.25) is 0 Å². The molecule has 0 aliphatic carbocycles. The lowest BCUT2D eigenvalue weighted by atomic mass is 9.81. The number of nitrogens with one attached hydrogen (secondary N) is 1. The van der Waals surface area contributed by atoms with E-state index >= 15 is 0 Å². The van der Waals surface area contributed by atoms with Crippen LogP contribution in [-0.4, -0.2) is 71.1 Å². The smallest absolute Gasteiger partial charge is 0.475 e. The Kier molecular flexibility index (Phi) is 7.47. The van der Waals surface area contributed by atoms with Gasteiger partial charge in [0.05, 0.1) is 31.2 Å². The largest absolute Gasteiger partial charge is 0.490 e. The predicted molar refractivity (Wildman–Crippen MR) is 109 cm³/mol. The van der Waals surface area contributed by atoms with Crippen molar-refractivity contribution in [2.45, 2.75) is 19.6 Å². The number of halogens is 3. The molecule has 2 N–H and O–H groups in total. The van der Waals surface area contributed by atoms with Gasteiger partial charge >= 0.3 is 12.1 Å². The number of amides is 1. The summed E-state index contributed by atoms with van der Waals surface area (Å²) in [6, 6.07) is 6.08. The minimum absolute atomic E-state index is 0.0163. The number of ether oxygens (including phenoxy) is 1. The molecule has 174 valence electrons. The van der Waals surface area contributed by atoms with Crippen LogP contribution in [0.25, 0.3) is 0 Å². The summed E-state index contributed by atoms with van der Waals surface area (Å²) in [6.07, 6.45) is -2.05. The maximum atomic E-state index is 12.3. The van der Waals surface area contributed by atoms with Crippen molar-refractivity contribution in [3.05, 3.63) is 45.9 Å². The molecule has 2 aliphatic heterocycles. The third kappa shape index (κ3) is 6.02. The highest BCUT2D eigenvalue weighted by molar-refractivity contribution is 7.11. The summed E-state index contributed by atoms with van der Waals surface area (Å²) < 4.78 is 37.5. The zero-order valence-corrected chi connectivity index (χ0v) is 18.1.